The first-order valence-electron chi connectivity index (χ1n) is 8.67. The van der Waals surface area contributed by atoms with E-state index in [0.717, 1.165) is 32.7 Å². The summed E-state index contributed by atoms with van der Waals surface area (Å²) in [6.07, 6.45) is 0. The Morgan fingerprint density at radius 1 is 1.04 bits per heavy atom. The summed E-state index contributed by atoms with van der Waals surface area (Å²) in [5.74, 6) is 0.181. The minimum absolute atomic E-state index is 0.0159. The summed E-state index contributed by atoms with van der Waals surface area (Å²) >= 11 is 0. The van der Waals surface area contributed by atoms with Crippen molar-refractivity contribution in [1.29, 1.82) is 0 Å². The molecule has 1 heterocycles. The van der Waals surface area contributed by atoms with Gasteiger partial charge in [0.15, 0.2) is 0 Å². The first-order chi connectivity index (χ1) is 12.1. The molecule has 0 bridgehead atoms. The fourth-order valence-corrected chi connectivity index (χ4v) is 3.12. The van der Waals surface area contributed by atoms with E-state index in [1.807, 2.05) is 0 Å². The van der Waals surface area contributed by atoms with Crippen molar-refractivity contribution < 1.29 is 9.90 Å². The topological polar surface area (TPSA) is 55.8 Å². The van der Waals surface area contributed by atoms with E-state index >= 15 is 0 Å². The molecule has 2 N–H and O–H groups in total. The summed E-state index contributed by atoms with van der Waals surface area (Å²) < 4.78 is 0. The Hall–Kier alpha value is -2.37. The van der Waals surface area contributed by atoms with Gasteiger partial charge in [-0.2, -0.15) is 0 Å². The number of hydrogen-bond acceptors (Lipinski definition) is 4. The van der Waals surface area contributed by atoms with Crippen molar-refractivity contribution in [2.24, 2.45) is 0 Å². The van der Waals surface area contributed by atoms with Crippen molar-refractivity contribution in [2.45, 2.75) is 13.5 Å². The van der Waals surface area contributed by atoms with Crippen LogP contribution >= 0.6 is 0 Å². The van der Waals surface area contributed by atoms with E-state index < -0.39 is 0 Å². The van der Waals surface area contributed by atoms with E-state index in [-0.39, 0.29) is 11.7 Å². The lowest BCUT2D eigenvalue weighted by atomic mass is 10.1. The molecule has 1 saturated heterocycles. The van der Waals surface area contributed by atoms with Crippen molar-refractivity contribution >= 4 is 11.6 Å². The second-order valence-electron chi connectivity index (χ2n) is 6.64. The van der Waals surface area contributed by atoms with Gasteiger partial charge in [-0.3, -0.25) is 14.6 Å². The van der Waals surface area contributed by atoms with Crippen LogP contribution in [0.1, 0.15) is 11.1 Å². The van der Waals surface area contributed by atoms with Crippen molar-refractivity contribution in [3.63, 3.8) is 0 Å². The van der Waals surface area contributed by atoms with Crippen LogP contribution in [0.25, 0.3) is 0 Å². The zero-order valence-electron chi connectivity index (χ0n) is 14.6. The van der Waals surface area contributed by atoms with Crippen molar-refractivity contribution in [3.8, 4) is 5.75 Å². The minimum atomic E-state index is -0.0159. The maximum absolute atomic E-state index is 12.1. The van der Waals surface area contributed by atoms with Crippen molar-refractivity contribution in [1.82, 2.24) is 9.80 Å². The summed E-state index contributed by atoms with van der Waals surface area (Å²) in [7, 11) is 0. The van der Waals surface area contributed by atoms with Crippen LogP contribution in [0.4, 0.5) is 5.69 Å². The number of amides is 1. The molecule has 1 aliphatic rings. The summed E-state index contributed by atoms with van der Waals surface area (Å²) in [4.78, 5) is 16.8. The summed E-state index contributed by atoms with van der Waals surface area (Å²) in [5.41, 5.74) is 3.35. The quantitative estimate of drug-likeness (QED) is 0.822. The van der Waals surface area contributed by atoms with E-state index in [0.29, 0.717) is 12.2 Å². The maximum atomic E-state index is 12.1. The van der Waals surface area contributed by atoms with Crippen LogP contribution in [0.15, 0.2) is 48.5 Å². The highest BCUT2D eigenvalue weighted by atomic mass is 16.3. The largest absolute Gasteiger partial charge is 0.508 e. The number of aryl methyl sites for hydroxylation is 1. The zero-order chi connectivity index (χ0) is 17.6. The number of hydrogen-bond donors (Lipinski definition) is 2. The highest BCUT2D eigenvalue weighted by Crippen LogP contribution is 2.14. The lowest BCUT2D eigenvalue weighted by Gasteiger charge is -2.34. The van der Waals surface area contributed by atoms with E-state index in [1.165, 1.54) is 11.1 Å². The number of aromatic hydroxyl groups is 1. The second-order valence-corrected chi connectivity index (χ2v) is 6.64. The number of phenols is 1. The number of piperazine rings is 1. The fraction of sp³-hybridized carbons (Fsp3) is 0.350. The normalized spacial score (nSPS) is 15.9. The maximum Gasteiger partial charge on any atom is 0.238 e. The van der Waals surface area contributed by atoms with Gasteiger partial charge in [-0.05, 0) is 36.8 Å². The number of anilines is 1. The number of carbonyl (C=O) groups is 1. The van der Waals surface area contributed by atoms with Gasteiger partial charge in [0.05, 0.1) is 6.54 Å². The van der Waals surface area contributed by atoms with E-state index in [9.17, 15) is 9.90 Å². The Bertz CT molecular complexity index is 707. The molecule has 0 radical (unpaired) electrons. The van der Waals surface area contributed by atoms with Gasteiger partial charge in [-0.1, -0.05) is 29.8 Å². The Morgan fingerprint density at radius 2 is 1.72 bits per heavy atom. The number of nitrogens with one attached hydrogen (secondary N) is 1. The third-order valence-corrected chi connectivity index (χ3v) is 4.47. The summed E-state index contributed by atoms with van der Waals surface area (Å²) in [6.45, 7) is 7.23. The SMILES string of the molecule is Cc1cccc(CN2CCN(CC(=O)Nc3ccc(O)cc3)CC2)c1. The summed E-state index contributed by atoms with van der Waals surface area (Å²) in [5, 5.41) is 12.1. The number of benzene rings is 2. The minimum Gasteiger partial charge on any atom is -0.508 e. The Labute approximate surface area is 148 Å². The first-order valence-corrected chi connectivity index (χ1v) is 8.67. The third kappa shape index (κ3) is 5.31. The monoisotopic (exact) mass is 339 g/mol. The lowest BCUT2D eigenvalue weighted by molar-refractivity contribution is -0.117. The van der Waals surface area contributed by atoms with Gasteiger partial charge in [0.2, 0.25) is 5.91 Å². The van der Waals surface area contributed by atoms with Crippen LogP contribution in [-0.2, 0) is 11.3 Å². The lowest BCUT2D eigenvalue weighted by Crippen LogP contribution is -2.48. The number of nitrogens with zero attached hydrogens (tertiary/aromatic N) is 2. The van der Waals surface area contributed by atoms with Gasteiger partial charge in [0.1, 0.15) is 5.75 Å². The van der Waals surface area contributed by atoms with Crippen LogP contribution in [0.2, 0.25) is 0 Å². The molecule has 3 rings (SSSR count). The molecule has 2 aromatic rings. The van der Waals surface area contributed by atoms with E-state index in [2.05, 4.69) is 46.3 Å². The van der Waals surface area contributed by atoms with Crippen molar-refractivity contribution in [3.05, 3.63) is 59.7 Å². The number of phenolic OH excluding ortho intramolecular Hbond substituents is 1. The first kappa shape index (κ1) is 17.5. The molecule has 132 valence electrons. The second kappa shape index (κ2) is 8.14. The number of carbonyl (C=O) groups excluding carboxylic acids is 1. The van der Waals surface area contributed by atoms with Gasteiger partial charge in [0, 0.05) is 38.4 Å². The molecule has 5 nitrogen and oxygen atoms in total. The molecule has 0 atom stereocenters. The van der Waals surface area contributed by atoms with Gasteiger partial charge in [-0.15, -0.1) is 0 Å². The highest BCUT2D eigenvalue weighted by molar-refractivity contribution is 5.92. The van der Waals surface area contributed by atoms with Crippen LogP contribution in [0, 0.1) is 6.92 Å². The fourth-order valence-electron chi connectivity index (χ4n) is 3.12. The highest BCUT2D eigenvalue weighted by Gasteiger charge is 2.19. The molecule has 1 aliphatic heterocycles. The standard InChI is InChI=1S/C20H25N3O2/c1-16-3-2-4-17(13-16)14-22-9-11-23(12-10-22)15-20(25)21-18-5-7-19(24)8-6-18/h2-8,13,24H,9-12,14-15H2,1H3,(H,21,25). The molecule has 0 aromatic heterocycles. The molecule has 0 aliphatic carbocycles. The smallest absolute Gasteiger partial charge is 0.238 e. The number of rotatable bonds is 5. The molecule has 1 fully saturated rings. The average Bonchev–Trinajstić information content (AvgIpc) is 2.59. The van der Waals surface area contributed by atoms with Gasteiger partial charge >= 0.3 is 0 Å². The Kier molecular flexibility index (Phi) is 5.68. The molecule has 25 heavy (non-hydrogen) atoms. The summed E-state index contributed by atoms with van der Waals surface area (Å²) in [6, 6.07) is 15.2. The van der Waals surface area contributed by atoms with Crippen LogP contribution in [0.5, 0.6) is 5.75 Å². The molecule has 0 spiro atoms. The molecule has 5 heteroatoms. The van der Waals surface area contributed by atoms with Gasteiger partial charge < -0.3 is 10.4 Å². The molecule has 2 aromatic carbocycles. The molecule has 0 saturated carbocycles. The third-order valence-electron chi connectivity index (χ3n) is 4.47. The van der Waals surface area contributed by atoms with Crippen LogP contribution in [-0.4, -0.2) is 53.5 Å². The zero-order valence-corrected chi connectivity index (χ0v) is 14.6. The molecular formula is C20H25N3O2. The average molecular weight is 339 g/mol. The predicted octanol–water partition coefficient (Wildman–Crippen LogP) is 2.46. The van der Waals surface area contributed by atoms with Crippen molar-refractivity contribution in [2.75, 3.05) is 38.0 Å². The Morgan fingerprint density at radius 3 is 2.40 bits per heavy atom. The predicted molar refractivity (Wildman–Crippen MR) is 99.6 cm³/mol. The van der Waals surface area contributed by atoms with E-state index in [4.69, 9.17) is 0 Å². The van der Waals surface area contributed by atoms with Gasteiger partial charge in [0.25, 0.3) is 0 Å². The van der Waals surface area contributed by atoms with Crippen LogP contribution < -0.4 is 5.32 Å². The Balaban J connectivity index is 1.42. The van der Waals surface area contributed by atoms with Gasteiger partial charge in [-0.25, -0.2) is 0 Å². The van der Waals surface area contributed by atoms with E-state index in [1.54, 1.807) is 24.3 Å². The molecule has 0 unspecified atom stereocenters. The molecular weight excluding hydrogens is 314 g/mol. The molecule has 1 amide bonds. The van der Waals surface area contributed by atoms with Crippen LogP contribution in [0.3, 0.4) is 0 Å².